The minimum absolute atomic E-state index is 0.0239. The van der Waals surface area contributed by atoms with Crippen molar-refractivity contribution in [1.29, 1.82) is 0 Å². The van der Waals surface area contributed by atoms with Crippen LogP contribution in [0.4, 0.5) is 0 Å². The maximum absolute atomic E-state index is 14.1. The second-order valence-electron chi connectivity index (χ2n) is 13.5. The average molecular weight is 591 g/mol. The number of piperidine rings is 4. The number of nitrogens with zero attached hydrogens (tertiary/aromatic N) is 4. The van der Waals surface area contributed by atoms with E-state index in [0.29, 0.717) is 18.6 Å². The first kappa shape index (κ1) is 29.1. The molecular formula is C33H42N4O4S. The van der Waals surface area contributed by atoms with Crippen molar-refractivity contribution in [1.82, 2.24) is 19.0 Å². The summed E-state index contributed by atoms with van der Waals surface area (Å²) in [7, 11) is -3.95. The van der Waals surface area contributed by atoms with Crippen molar-refractivity contribution >= 4 is 33.0 Å². The highest BCUT2D eigenvalue weighted by molar-refractivity contribution is 7.90. The number of allylic oxidation sites excluding steroid dienone is 1. The van der Waals surface area contributed by atoms with Gasteiger partial charge in [0, 0.05) is 11.3 Å². The molecule has 4 aliphatic heterocycles. The fraction of sp³-hybridized carbons (Fsp3) is 0.515. The molecule has 0 atom stereocenters. The van der Waals surface area contributed by atoms with Crippen molar-refractivity contribution in [3.05, 3.63) is 65.4 Å². The first-order valence-electron chi connectivity index (χ1n) is 15.2. The fourth-order valence-corrected chi connectivity index (χ4v) is 8.16. The van der Waals surface area contributed by atoms with Crippen LogP contribution in [0.25, 0.3) is 17.0 Å². The van der Waals surface area contributed by atoms with Crippen LogP contribution < -0.4 is 0 Å². The van der Waals surface area contributed by atoms with E-state index >= 15 is 0 Å². The van der Waals surface area contributed by atoms with Crippen LogP contribution in [-0.2, 0) is 20.2 Å². The summed E-state index contributed by atoms with van der Waals surface area (Å²) in [5, 5.41) is 14.9. The van der Waals surface area contributed by atoms with Gasteiger partial charge in [0.05, 0.1) is 22.7 Å². The predicted octanol–water partition coefficient (Wildman–Crippen LogP) is 5.33. The molecule has 4 fully saturated rings. The van der Waals surface area contributed by atoms with Gasteiger partial charge in [-0.05, 0) is 105 Å². The highest BCUT2D eigenvalue weighted by Gasteiger charge is 2.37. The molecule has 3 aromatic rings. The summed E-state index contributed by atoms with van der Waals surface area (Å²) in [5.74, 6) is -0.768. The van der Waals surface area contributed by atoms with Crippen LogP contribution in [0.15, 0.2) is 53.4 Å². The number of aromatic nitrogens is 2. The Labute approximate surface area is 249 Å². The fourth-order valence-electron chi connectivity index (χ4n) is 6.88. The number of likely N-dealkylation sites (tertiary alicyclic amines) is 1. The number of hydrogen-bond donors (Lipinski definition) is 1. The van der Waals surface area contributed by atoms with Crippen LogP contribution in [0.3, 0.4) is 0 Å². The summed E-state index contributed by atoms with van der Waals surface area (Å²) < 4.78 is 29.4. The number of hydrogen-bond acceptors (Lipinski definition) is 6. The van der Waals surface area contributed by atoms with Crippen molar-refractivity contribution in [2.45, 2.75) is 69.1 Å². The van der Waals surface area contributed by atoms with Crippen molar-refractivity contribution in [2.24, 2.45) is 5.41 Å². The monoisotopic (exact) mass is 590 g/mol. The molecule has 0 aliphatic carbocycles. The van der Waals surface area contributed by atoms with E-state index in [1.54, 1.807) is 12.1 Å². The van der Waals surface area contributed by atoms with Gasteiger partial charge in [-0.1, -0.05) is 57.2 Å². The first-order chi connectivity index (χ1) is 19.9. The third-order valence-corrected chi connectivity index (χ3v) is 11.3. The molecular weight excluding hydrogens is 548 g/mol. The lowest BCUT2D eigenvalue weighted by Gasteiger charge is -2.47. The first-order valence-corrected chi connectivity index (χ1v) is 16.6. The van der Waals surface area contributed by atoms with Gasteiger partial charge < -0.3 is 10.0 Å². The summed E-state index contributed by atoms with van der Waals surface area (Å²) in [6, 6.07) is 13.2. The van der Waals surface area contributed by atoms with Gasteiger partial charge in [0.1, 0.15) is 0 Å². The minimum atomic E-state index is -3.95. The predicted molar refractivity (Wildman–Crippen MR) is 165 cm³/mol. The molecule has 42 heavy (non-hydrogen) atoms. The van der Waals surface area contributed by atoms with E-state index in [2.05, 4.69) is 43.9 Å². The molecule has 0 amide bonds. The van der Waals surface area contributed by atoms with E-state index in [1.807, 2.05) is 29.2 Å². The van der Waals surface area contributed by atoms with Gasteiger partial charge in [-0.15, -0.1) is 0 Å². The Morgan fingerprint density at radius 2 is 1.64 bits per heavy atom. The van der Waals surface area contributed by atoms with Gasteiger partial charge in [0.2, 0.25) is 0 Å². The Balaban J connectivity index is 1.38. The summed E-state index contributed by atoms with van der Waals surface area (Å²) in [6.07, 6.45) is 9.53. The summed E-state index contributed by atoms with van der Waals surface area (Å²) in [4.78, 5) is 15.9. The van der Waals surface area contributed by atoms with Crippen LogP contribution >= 0.6 is 0 Å². The molecule has 4 saturated heterocycles. The molecule has 8 nitrogen and oxygen atoms in total. The number of aliphatic carboxylic acids is 1. The second kappa shape index (κ2) is 10.9. The number of rotatable bonds is 7. The Hall–Kier alpha value is -3.01. The molecule has 9 heteroatoms. The van der Waals surface area contributed by atoms with E-state index in [4.69, 9.17) is 5.10 Å². The van der Waals surface area contributed by atoms with Crippen molar-refractivity contribution in [2.75, 3.05) is 39.3 Å². The Morgan fingerprint density at radius 3 is 2.24 bits per heavy atom. The zero-order chi connectivity index (χ0) is 29.7. The SMILES string of the molecule is CC(C)(C)c1ccc(S(=O)(=O)n2nc(C3CCN(CC(=O)O)CC3)c3ccc(C=CC45CCN(CC4)CC5)cc32)cc1. The Kier molecular flexibility index (Phi) is 7.56. The summed E-state index contributed by atoms with van der Waals surface area (Å²) >= 11 is 0. The standard InChI is InChI=1S/C33H42N4O4S/c1-32(2,3)26-5-7-27(8-6-26)42(40,41)37-29-22-24(10-13-33-14-19-35(20-15-33)21-16-33)4-9-28(29)31(34-37)25-11-17-36(18-12-25)23-30(38)39/h4-10,13,22,25H,11-12,14-21,23H2,1-3H3,(H,38,39). The third kappa shape index (κ3) is 5.66. The lowest BCUT2D eigenvalue weighted by atomic mass is 9.72. The van der Waals surface area contributed by atoms with Crippen molar-refractivity contribution in [3.63, 3.8) is 0 Å². The molecule has 224 valence electrons. The molecule has 2 aromatic carbocycles. The highest BCUT2D eigenvalue weighted by atomic mass is 32.2. The zero-order valence-electron chi connectivity index (χ0n) is 24.9. The van der Waals surface area contributed by atoms with Crippen LogP contribution in [-0.4, -0.2) is 77.7 Å². The molecule has 0 radical (unpaired) electrons. The quantitative estimate of drug-likeness (QED) is 0.397. The van der Waals surface area contributed by atoms with Gasteiger partial charge in [0.15, 0.2) is 0 Å². The lowest BCUT2D eigenvalue weighted by Crippen LogP contribution is -2.47. The number of benzene rings is 2. The van der Waals surface area contributed by atoms with Gasteiger partial charge in [-0.3, -0.25) is 9.69 Å². The molecule has 4 aliphatic rings. The molecule has 5 heterocycles. The maximum atomic E-state index is 14.1. The van der Waals surface area contributed by atoms with Crippen LogP contribution in [0.1, 0.15) is 75.6 Å². The lowest BCUT2D eigenvalue weighted by molar-refractivity contribution is -0.138. The smallest absolute Gasteiger partial charge is 0.317 e. The van der Waals surface area contributed by atoms with E-state index in [1.165, 1.54) is 23.3 Å². The zero-order valence-corrected chi connectivity index (χ0v) is 25.7. The van der Waals surface area contributed by atoms with Crippen LogP contribution in [0.2, 0.25) is 0 Å². The van der Waals surface area contributed by atoms with Gasteiger partial charge >= 0.3 is 5.97 Å². The Morgan fingerprint density at radius 1 is 1.00 bits per heavy atom. The minimum Gasteiger partial charge on any atom is -0.480 e. The van der Waals surface area contributed by atoms with E-state index in [9.17, 15) is 18.3 Å². The van der Waals surface area contributed by atoms with Crippen LogP contribution in [0, 0.1) is 5.41 Å². The number of carboxylic acids is 1. The topological polar surface area (TPSA) is 95.7 Å². The molecule has 0 unspecified atom stereocenters. The molecule has 0 spiro atoms. The number of fused-ring (bicyclic) bond motifs is 4. The normalized spacial score (nSPS) is 24.1. The maximum Gasteiger partial charge on any atom is 0.317 e. The van der Waals surface area contributed by atoms with E-state index in [0.717, 1.165) is 54.7 Å². The largest absolute Gasteiger partial charge is 0.480 e. The average Bonchev–Trinajstić information content (AvgIpc) is 3.37. The van der Waals surface area contributed by atoms with E-state index in [-0.39, 0.29) is 28.2 Å². The van der Waals surface area contributed by atoms with Crippen molar-refractivity contribution in [3.8, 4) is 0 Å². The van der Waals surface area contributed by atoms with Gasteiger partial charge in [-0.2, -0.15) is 17.6 Å². The molecule has 1 aromatic heterocycles. The Bertz CT molecular complexity index is 1590. The molecule has 7 rings (SSSR count). The molecule has 1 N–H and O–H groups in total. The van der Waals surface area contributed by atoms with Crippen molar-refractivity contribution < 1.29 is 18.3 Å². The number of carbonyl (C=O) groups is 1. The third-order valence-electron chi connectivity index (χ3n) is 9.69. The van der Waals surface area contributed by atoms with Gasteiger partial charge in [-0.25, -0.2) is 0 Å². The van der Waals surface area contributed by atoms with Crippen LogP contribution in [0.5, 0.6) is 0 Å². The highest BCUT2D eigenvalue weighted by Crippen LogP contribution is 2.42. The summed E-state index contributed by atoms with van der Waals surface area (Å²) in [5.41, 5.74) is 3.58. The van der Waals surface area contributed by atoms with Gasteiger partial charge in [0.25, 0.3) is 10.0 Å². The summed E-state index contributed by atoms with van der Waals surface area (Å²) in [6.45, 7) is 11.1. The number of carboxylic acid groups (broad SMARTS) is 1. The second-order valence-corrected chi connectivity index (χ2v) is 15.3. The molecule has 2 bridgehead atoms. The molecule has 0 saturated carbocycles. The van der Waals surface area contributed by atoms with E-state index < -0.39 is 16.0 Å².